The summed E-state index contributed by atoms with van der Waals surface area (Å²) in [5.74, 6) is -0.994. The molecule has 0 spiro atoms. The van der Waals surface area contributed by atoms with Gasteiger partial charge < -0.3 is 5.32 Å². The molecule has 0 radical (unpaired) electrons. The van der Waals surface area contributed by atoms with E-state index in [4.69, 9.17) is 0 Å². The number of hydrogen-bond donors (Lipinski definition) is 1. The van der Waals surface area contributed by atoms with E-state index in [2.05, 4.69) is 15.3 Å². The number of pyridine rings is 1. The van der Waals surface area contributed by atoms with Crippen LogP contribution < -0.4 is 5.32 Å². The van der Waals surface area contributed by atoms with E-state index < -0.39 is 11.7 Å². The number of amides is 1. The molecule has 1 aromatic carbocycles. The van der Waals surface area contributed by atoms with Crippen LogP contribution in [0.15, 0.2) is 42.7 Å². The molecule has 4 nitrogen and oxygen atoms in total. The minimum absolute atomic E-state index is 0.00602. The third kappa shape index (κ3) is 2.96. The largest absolute Gasteiger partial charge is 0.351 e. The van der Waals surface area contributed by atoms with Crippen LogP contribution in [0.5, 0.6) is 0 Å². The number of rotatable bonds is 4. The molecule has 0 aliphatic heterocycles. The van der Waals surface area contributed by atoms with Crippen LogP contribution in [0, 0.1) is 5.82 Å². The summed E-state index contributed by atoms with van der Waals surface area (Å²) in [4.78, 5) is 20.2. The first-order valence-electron chi connectivity index (χ1n) is 6.88. The number of fused-ring (bicyclic) bond motifs is 1. The number of nitrogens with zero attached hydrogens (tertiary/aromatic N) is 2. The fourth-order valence-corrected chi connectivity index (χ4v) is 3.11. The van der Waals surface area contributed by atoms with Gasteiger partial charge in [-0.1, -0.05) is 19.1 Å². The van der Waals surface area contributed by atoms with Crippen molar-refractivity contribution in [2.45, 2.75) is 12.8 Å². The lowest BCUT2D eigenvalue weighted by Crippen LogP contribution is -2.28. The van der Waals surface area contributed by atoms with E-state index in [1.165, 1.54) is 12.3 Å². The van der Waals surface area contributed by atoms with Crippen molar-refractivity contribution >= 4 is 27.5 Å². The number of thiazole rings is 1. The zero-order chi connectivity index (χ0) is 15.5. The lowest BCUT2D eigenvalue weighted by atomic mass is 10.2. The number of para-hydroxylation sites is 1. The molecule has 0 bridgehead atoms. The van der Waals surface area contributed by atoms with E-state index in [9.17, 15) is 9.18 Å². The minimum atomic E-state index is -0.618. The van der Waals surface area contributed by atoms with Crippen LogP contribution in [0.4, 0.5) is 4.39 Å². The SMILES string of the molecule is CC(CNC(=O)c1ccncc1F)c1nc2ccccc2s1. The number of carbonyl (C=O) groups excluding carboxylic acids is 1. The van der Waals surface area contributed by atoms with Crippen molar-refractivity contribution in [3.63, 3.8) is 0 Å². The second kappa shape index (κ2) is 6.19. The van der Waals surface area contributed by atoms with E-state index >= 15 is 0 Å². The maximum Gasteiger partial charge on any atom is 0.254 e. The fourth-order valence-electron chi connectivity index (χ4n) is 2.09. The first kappa shape index (κ1) is 14.6. The second-order valence-corrected chi connectivity index (χ2v) is 6.05. The number of aromatic nitrogens is 2. The van der Waals surface area contributed by atoms with Crippen LogP contribution in [-0.4, -0.2) is 22.4 Å². The molecular formula is C16H14FN3OS. The van der Waals surface area contributed by atoms with E-state index in [0.29, 0.717) is 6.54 Å². The number of carbonyl (C=O) groups is 1. The Morgan fingerprint density at radius 3 is 2.95 bits per heavy atom. The first-order valence-corrected chi connectivity index (χ1v) is 7.70. The Labute approximate surface area is 131 Å². The Kier molecular flexibility index (Phi) is 4.11. The van der Waals surface area contributed by atoms with Gasteiger partial charge in [-0.25, -0.2) is 9.37 Å². The molecule has 3 aromatic rings. The van der Waals surface area contributed by atoms with Crippen molar-refractivity contribution in [2.75, 3.05) is 6.54 Å². The molecular weight excluding hydrogens is 301 g/mol. The van der Waals surface area contributed by atoms with Gasteiger partial charge in [0, 0.05) is 18.7 Å². The van der Waals surface area contributed by atoms with Gasteiger partial charge in [0.15, 0.2) is 5.82 Å². The molecule has 0 saturated heterocycles. The third-order valence-electron chi connectivity index (χ3n) is 3.32. The Morgan fingerprint density at radius 2 is 2.18 bits per heavy atom. The highest BCUT2D eigenvalue weighted by molar-refractivity contribution is 7.18. The highest BCUT2D eigenvalue weighted by Crippen LogP contribution is 2.26. The number of benzene rings is 1. The molecule has 0 saturated carbocycles. The fraction of sp³-hybridized carbons (Fsp3) is 0.188. The predicted molar refractivity (Wildman–Crippen MR) is 84.6 cm³/mol. The highest BCUT2D eigenvalue weighted by Gasteiger charge is 2.15. The maximum atomic E-state index is 13.5. The summed E-state index contributed by atoms with van der Waals surface area (Å²) in [7, 11) is 0. The molecule has 3 rings (SSSR count). The molecule has 6 heteroatoms. The van der Waals surface area contributed by atoms with Crippen LogP contribution >= 0.6 is 11.3 Å². The summed E-state index contributed by atoms with van der Waals surface area (Å²) in [5, 5.41) is 3.70. The lowest BCUT2D eigenvalue weighted by Gasteiger charge is -2.10. The summed E-state index contributed by atoms with van der Waals surface area (Å²) in [6.07, 6.45) is 2.43. The molecule has 0 fully saturated rings. The van der Waals surface area contributed by atoms with Gasteiger partial charge in [0.25, 0.3) is 5.91 Å². The smallest absolute Gasteiger partial charge is 0.254 e. The van der Waals surface area contributed by atoms with Gasteiger partial charge in [-0.05, 0) is 18.2 Å². The molecule has 2 aromatic heterocycles. The molecule has 1 amide bonds. The summed E-state index contributed by atoms with van der Waals surface area (Å²) in [5.41, 5.74) is 0.965. The third-order valence-corrected chi connectivity index (χ3v) is 4.59. The monoisotopic (exact) mass is 315 g/mol. The van der Waals surface area contributed by atoms with Crippen LogP contribution in [0.3, 0.4) is 0 Å². The van der Waals surface area contributed by atoms with Crippen LogP contribution in [0.1, 0.15) is 28.2 Å². The van der Waals surface area contributed by atoms with E-state index in [0.717, 1.165) is 21.4 Å². The van der Waals surface area contributed by atoms with Gasteiger partial charge in [0.05, 0.1) is 27.0 Å². The van der Waals surface area contributed by atoms with Gasteiger partial charge in [0.2, 0.25) is 0 Å². The number of hydrogen-bond acceptors (Lipinski definition) is 4. The summed E-state index contributed by atoms with van der Waals surface area (Å²) in [6, 6.07) is 9.28. The average molecular weight is 315 g/mol. The average Bonchev–Trinajstić information content (AvgIpc) is 2.97. The summed E-state index contributed by atoms with van der Waals surface area (Å²) < 4.78 is 14.6. The predicted octanol–water partition coefficient (Wildman–Crippen LogP) is 3.36. The Bertz CT molecular complexity index is 785. The molecule has 1 unspecified atom stereocenters. The molecule has 0 aliphatic rings. The molecule has 1 atom stereocenters. The quantitative estimate of drug-likeness (QED) is 0.803. The van der Waals surface area contributed by atoms with Crippen molar-refractivity contribution in [3.05, 3.63) is 59.1 Å². The highest BCUT2D eigenvalue weighted by atomic mass is 32.1. The zero-order valence-corrected chi connectivity index (χ0v) is 12.7. The van der Waals surface area contributed by atoms with Crippen molar-refractivity contribution in [1.29, 1.82) is 0 Å². The normalized spacial score (nSPS) is 12.3. The van der Waals surface area contributed by atoms with Crippen LogP contribution in [-0.2, 0) is 0 Å². The van der Waals surface area contributed by atoms with Gasteiger partial charge in [-0.2, -0.15) is 0 Å². The summed E-state index contributed by atoms with van der Waals surface area (Å²) in [6.45, 7) is 2.39. The number of halogens is 1. The standard InChI is InChI=1S/C16H14FN3OS/c1-10(16-20-13-4-2-3-5-14(13)22-16)8-19-15(21)11-6-7-18-9-12(11)17/h2-7,9-10H,8H2,1H3,(H,19,21). The number of nitrogens with one attached hydrogen (secondary N) is 1. The van der Waals surface area contributed by atoms with Crippen LogP contribution in [0.25, 0.3) is 10.2 Å². The first-order chi connectivity index (χ1) is 10.6. The van der Waals surface area contributed by atoms with E-state index in [1.807, 2.05) is 31.2 Å². The van der Waals surface area contributed by atoms with Gasteiger partial charge in [-0.3, -0.25) is 9.78 Å². The van der Waals surface area contributed by atoms with Crippen molar-refractivity contribution < 1.29 is 9.18 Å². The molecule has 1 N–H and O–H groups in total. The summed E-state index contributed by atoms with van der Waals surface area (Å²) >= 11 is 1.61. The van der Waals surface area contributed by atoms with Gasteiger partial charge >= 0.3 is 0 Å². The minimum Gasteiger partial charge on any atom is -0.351 e. The zero-order valence-electron chi connectivity index (χ0n) is 11.9. The van der Waals surface area contributed by atoms with E-state index in [1.54, 1.807) is 11.3 Å². The van der Waals surface area contributed by atoms with Crippen molar-refractivity contribution in [2.24, 2.45) is 0 Å². The Hall–Kier alpha value is -2.34. The Balaban J connectivity index is 1.68. The second-order valence-electron chi connectivity index (χ2n) is 4.99. The molecule has 0 aliphatic carbocycles. The van der Waals surface area contributed by atoms with Crippen molar-refractivity contribution in [3.8, 4) is 0 Å². The van der Waals surface area contributed by atoms with Gasteiger partial charge in [0.1, 0.15) is 0 Å². The molecule has 22 heavy (non-hydrogen) atoms. The molecule has 2 heterocycles. The Morgan fingerprint density at radius 1 is 1.36 bits per heavy atom. The van der Waals surface area contributed by atoms with Crippen molar-refractivity contribution in [1.82, 2.24) is 15.3 Å². The van der Waals surface area contributed by atoms with Crippen LogP contribution in [0.2, 0.25) is 0 Å². The van der Waals surface area contributed by atoms with Gasteiger partial charge in [-0.15, -0.1) is 11.3 Å². The topological polar surface area (TPSA) is 54.9 Å². The molecule has 112 valence electrons. The maximum absolute atomic E-state index is 13.5. The van der Waals surface area contributed by atoms with E-state index in [-0.39, 0.29) is 11.5 Å². The lowest BCUT2D eigenvalue weighted by molar-refractivity contribution is 0.0947.